The van der Waals surface area contributed by atoms with Crippen LogP contribution in [0.3, 0.4) is 0 Å². The predicted molar refractivity (Wildman–Crippen MR) is 93.6 cm³/mol. The molecular weight excluding hydrogens is 406 g/mol. The Bertz CT molecular complexity index is 514. The molecule has 0 aliphatic heterocycles. The Hall–Kier alpha value is 0.320. The first kappa shape index (κ1) is 15.7. The fraction of sp³-hybridized carbons (Fsp3) is 0.429. The van der Waals surface area contributed by atoms with Crippen LogP contribution < -0.4 is 5.32 Å². The third-order valence-electron chi connectivity index (χ3n) is 2.97. The van der Waals surface area contributed by atoms with Crippen LogP contribution in [0.1, 0.15) is 41.6 Å². The van der Waals surface area contributed by atoms with Crippen molar-refractivity contribution < 1.29 is 0 Å². The maximum atomic E-state index is 3.68. The topological polar surface area (TPSA) is 12.0 Å². The lowest BCUT2D eigenvalue weighted by Gasteiger charge is -2.17. The zero-order chi connectivity index (χ0) is 13.8. The fourth-order valence-electron chi connectivity index (χ4n) is 2.01. The van der Waals surface area contributed by atoms with Gasteiger partial charge in [0.05, 0.1) is 9.83 Å². The van der Waals surface area contributed by atoms with Crippen LogP contribution in [0.4, 0.5) is 0 Å². The van der Waals surface area contributed by atoms with Crippen LogP contribution in [-0.4, -0.2) is 6.54 Å². The Morgan fingerprint density at radius 1 is 1.32 bits per heavy atom. The minimum Gasteiger partial charge on any atom is -0.305 e. The Morgan fingerprint density at radius 2 is 2.11 bits per heavy atom. The maximum absolute atomic E-state index is 3.68. The molecule has 19 heavy (non-hydrogen) atoms. The molecule has 2 aromatic rings. The molecule has 1 nitrogen and oxygen atoms in total. The van der Waals surface area contributed by atoms with E-state index >= 15 is 0 Å². The molecule has 0 saturated carbocycles. The van der Waals surface area contributed by atoms with E-state index < -0.39 is 0 Å². The van der Waals surface area contributed by atoms with E-state index in [1.165, 1.54) is 19.1 Å². The van der Waals surface area contributed by atoms with Crippen molar-refractivity contribution in [2.75, 3.05) is 6.54 Å². The normalized spacial score (nSPS) is 12.8. The number of hydrogen-bond acceptors (Lipinski definition) is 3. The molecule has 0 spiro atoms. The molecule has 0 aromatic carbocycles. The fourth-order valence-corrected chi connectivity index (χ4v) is 5.35. The molecule has 0 aliphatic carbocycles. The van der Waals surface area contributed by atoms with Crippen LogP contribution in [0, 0.1) is 0 Å². The van der Waals surface area contributed by atoms with Crippen LogP contribution in [0.25, 0.3) is 0 Å². The van der Waals surface area contributed by atoms with Crippen molar-refractivity contribution in [2.45, 2.75) is 32.7 Å². The molecule has 0 radical (unpaired) electrons. The van der Waals surface area contributed by atoms with Crippen molar-refractivity contribution in [3.05, 3.63) is 41.1 Å². The highest BCUT2D eigenvalue weighted by atomic mass is 79.9. The highest BCUT2D eigenvalue weighted by Crippen LogP contribution is 2.39. The smallest absolute Gasteiger partial charge is 0.0843 e. The van der Waals surface area contributed by atoms with E-state index in [9.17, 15) is 0 Å². The van der Waals surface area contributed by atoms with Gasteiger partial charge in [0.2, 0.25) is 0 Å². The average Bonchev–Trinajstić information content (AvgIpc) is 2.98. The molecule has 5 heteroatoms. The van der Waals surface area contributed by atoms with E-state index in [1.54, 1.807) is 11.3 Å². The number of nitrogens with one attached hydrogen (secondary N) is 1. The lowest BCUT2D eigenvalue weighted by molar-refractivity contribution is 0.610. The Kier molecular flexibility index (Phi) is 6.09. The van der Waals surface area contributed by atoms with Gasteiger partial charge in [-0.3, -0.25) is 0 Å². The first-order chi connectivity index (χ1) is 9.17. The number of hydrogen-bond donors (Lipinski definition) is 1. The molecule has 0 aliphatic rings. The summed E-state index contributed by atoms with van der Waals surface area (Å²) in [6, 6.07) is 4.79. The predicted octanol–water partition coefficient (Wildman–Crippen LogP) is 5.99. The van der Waals surface area contributed by atoms with E-state index in [-0.39, 0.29) is 0 Å². The molecular formula is C14H17Br2NS2. The van der Waals surface area contributed by atoms with Crippen molar-refractivity contribution in [1.82, 2.24) is 5.32 Å². The summed E-state index contributed by atoms with van der Waals surface area (Å²) < 4.78 is 2.31. The van der Waals surface area contributed by atoms with E-state index in [0.29, 0.717) is 6.04 Å². The standard InChI is InChI=1S/C14H17Br2NS2/c1-3-6-17-12(11-8-10(15)14(16)19-11)13-9(4-2)5-7-18-13/h5,7-8,12,17H,3-4,6H2,1-2H3. The van der Waals surface area contributed by atoms with Crippen molar-refractivity contribution in [3.63, 3.8) is 0 Å². The van der Waals surface area contributed by atoms with E-state index in [2.05, 4.69) is 68.5 Å². The summed E-state index contributed by atoms with van der Waals surface area (Å²) in [5.74, 6) is 0. The maximum Gasteiger partial charge on any atom is 0.0843 e. The largest absolute Gasteiger partial charge is 0.305 e. The van der Waals surface area contributed by atoms with Crippen LogP contribution in [0.5, 0.6) is 0 Å². The van der Waals surface area contributed by atoms with Crippen molar-refractivity contribution in [2.24, 2.45) is 0 Å². The number of thiophene rings is 2. The van der Waals surface area contributed by atoms with Gasteiger partial charge in [0.25, 0.3) is 0 Å². The third-order valence-corrected chi connectivity index (χ3v) is 7.32. The first-order valence-corrected chi connectivity index (χ1v) is 9.69. The highest BCUT2D eigenvalue weighted by molar-refractivity contribution is 9.13. The molecule has 2 aromatic heterocycles. The van der Waals surface area contributed by atoms with Gasteiger partial charge < -0.3 is 5.32 Å². The first-order valence-electron chi connectivity index (χ1n) is 6.41. The van der Waals surface area contributed by atoms with Gasteiger partial charge in [-0.05, 0) is 74.3 Å². The molecule has 0 amide bonds. The van der Waals surface area contributed by atoms with Crippen LogP contribution in [0.15, 0.2) is 25.8 Å². The summed E-state index contributed by atoms with van der Waals surface area (Å²) >= 11 is 10.8. The van der Waals surface area contributed by atoms with Crippen molar-refractivity contribution in [1.29, 1.82) is 0 Å². The molecule has 2 heterocycles. The number of rotatable bonds is 6. The molecule has 1 unspecified atom stereocenters. The minimum atomic E-state index is 0.322. The SMILES string of the molecule is CCCNC(c1cc(Br)c(Br)s1)c1sccc1CC. The lowest BCUT2D eigenvalue weighted by Crippen LogP contribution is -2.22. The van der Waals surface area contributed by atoms with E-state index in [0.717, 1.165) is 23.9 Å². The van der Waals surface area contributed by atoms with Gasteiger partial charge in [0.1, 0.15) is 0 Å². The quantitative estimate of drug-likeness (QED) is 0.602. The van der Waals surface area contributed by atoms with Gasteiger partial charge in [0, 0.05) is 14.2 Å². The monoisotopic (exact) mass is 421 g/mol. The van der Waals surface area contributed by atoms with E-state index in [4.69, 9.17) is 0 Å². The zero-order valence-corrected chi connectivity index (χ0v) is 15.8. The van der Waals surface area contributed by atoms with Crippen LogP contribution in [-0.2, 0) is 6.42 Å². The second kappa shape index (κ2) is 7.36. The lowest BCUT2D eigenvalue weighted by atomic mass is 10.1. The molecule has 1 atom stereocenters. The number of halogens is 2. The van der Waals surface area contributed by atoms with Crippen molar-refractivity contribution >= 4 is 54.5 Å². The molecule has 104 valence electrons. The van der Waals surface area contributed by atoms with Crippen LogP contribution >= 0.6 is 54.5 Å². The average molecular weight is 423 g/mol. The molecule has 0 fully saturated rings. The van der Waals surface area contributed by atoms with Crippen molar-refractivity contribution in [3.8, 4) is 0 Å². The Balaban J connectivity index is 2.35. The zero-order valence-electron chi connectivity index (χ0n) is 11.0. The van der Waals surface area contributed by atoms with Gasteiger partial charge in [-0.2, -0.15) is 0 Å². The highest BCUT2D eigenvalue weighted by Gasteiger charge is 2.20. The summed E-state index contributed by atoms with van der Waals surface area (Å²) in [4.78, 5) is 2.82. The van der Waals surface area contributed by atoms with Gasteiger partial charge in [-0.25, -0.2) is 0 Å². The molecule has 1 N–H and O–H groups in total. The van der Waals surface area contributed by atoms with Gasteiger partial charge >= 0.3 is 0 Å². The van der Waals surface area contributed by atoms with Gasteiger partial charge in [0.15, 0.2) is 0 Å². The summed E-state index contributed by atoms with van der Waals surface area (Å²) in [6.07, 6.45) is 2.24. The van der Waals surface area contributed by atoms with Crippen LogP contribution in [0.2, 0.25) is 0 Å². The van der Waals surface area contributed by atoms with Gasteiger partial charge in [-0.15, -0.1) is 22.7 Å². The van der Waals surface area contributed by atoms with E-state index in [1.807, 2.05) is 11.3 Å². The summed E-state index contributed by atoms with van der Waals surface area (Å²) in [7, 11) is 0. The minimum absolute atomic E-state index is 0.322. The second-order valence-electron chi connectivity index (χ2n) is 4.32. The second-order valence-corrected chi connectivity index (χ2v) is 8.52. The number of aryl methyl sites for hydroxylation is 1. The molecule has 0 saturated heterocycles. The summed E-state index contributed by atoms with van der Waals surface area (Å²) in [5.41, 5.74) is 1.46. The van der Waals surface area contributed by atoms with Gasteiger partial charge in [-0.1, -0.05) is 13.8 Å². The third kappa shape index (κ3) is 3.70. The Morgan fingerprint density at radius 3 is 2.68 bits per heavy atom. The summed E-state index contributed by atoms with van der Waals surface area (Å²) in [6.45, 7) is 5.47. The Labute approximate surface area is 139 Å². The molecule has 2 rings (SSSR count). The summed E-state index contributed by atoms with van der Waals surface area (Å²) in [5, 5.41) is 5.88. The molecule has 0 bridgehead atoms.